The van der Waals surface area contributed by atoms with Gasteiger partial charge in [-0.2, -0.15) is 0 Å². The van der Waals surface area contributed by atoms with Crippen LogP contribution in [0.4, 0.5) is 5.82 Å². The van der Waals surface area contributed by atoms with Crippen LogP contribution in [0, 0.1) is 13.8 Å². The van der Waals surface area contributed by atoms with Crippen LogP contribution in [0.15, 0.2) is 30.6 Å². The maximum Gasteiger partial charge on any atom is 0.356 e. The van der Waals surface area contributed by atoms with Crippen molar-refractivity contribution in [3.05, 3.63) is 53.0 Å². The van der Waals surface area contributed by atoms with Crippen LogP contribution in [0.1, 0.15) is 40.1 Å². The van der Waals surface area contributed by atoms with Crippen LogP contribution in [0.25, 0.3) is 0 Å². The van der Waals surface area contributed by atoms with E-state index in [0.717, 1.165) is 5.56 Å². The lowest BCUT2D eigenvalue weighted by atomic mass is 10.0. The van der Waals surface area contributed by atoms with Gasteiger partial charge in [-0.3, -0.25) is 0 Å². The summed E-state index contributed by atoms with van der Waals surface area (Å²) in [5.74, 6) is -0.521. The number of carboxylic acids is 1. The number of nitrogens with one attached hydrogen (secondary N) is 1. The molecule has 0 saturated heterocycles. The Hall–Kier alpha value is -2.43. The molecule has 5 nitrogen and oxygen atoms in total. The first-order valence-electron chi connectivity index (χ1n) is 6.36. The van der Waals surface area contributed by atoms with Gasteiger partial charge in [-0.05, 0) is 37.5 Å². The molecule has 0 aliphatic heterocycles. The summed E-state index contributed by atoms with van der Waals surface area (Å²) in [5, 5.41) is 12.0. The number of benzene rings is 1. The number of aromatic nitrogens is 2. The van der Waals surface area contributed by atoms with Crippen molar-refractivity contribution in [1.29, 1.82) is 0 Å². The smallest absolute Gasteiger partial charge is 0.356 e. The highest BCUT2D eigenvalue weighted by Crippen LogP contribution is 2.20. The Kier molecular flexibility index (Phi) is 3.98. The van der Waals surface area contributed by atoms with E-state index in [1.807, 2.05) is 6.92 Å². The molecule has 1 aromatic heterocycles. The van der Waals surface area contributed by atoms with E-state index < -0.39 is 5.97 Å². The zero-order valence-electron chi connectivity index (χ0n) is 11.7. The van der Waals surface area contributed by atoms with Crippen LogP contribution in [0.3, 0.4) is 0 Å². The van der Waals surface area contributed by atoms with E-state index in [0.29, 0.717) is 5.82 Å². The fraction of sp³-hybridized carbons (Fsp3) is 0.267. The molecule has 2 aromatic rings. The van der Waals surface area contributed by atoms with E-state index in [-0.39, 0.29) is 11.7 Å². The Morgan fingerprint density at radius 2 is 1.95 bits per heavy atom. The van der Waals surface area contributed by atoms with E-state index >= 15 is 0 Å². The van der Waals surface area contributed by atoms with Gasteiger partial charge < -0.3 is 10.4 Å². The molecular formula is C15H17N3O2. The highest BCUT2D eigenvalue weighted by Gasteiger charge is 2.09. The second-order valence-electron chi connectivity index (χ2n) is 4.80. The molecule has 1 atom stereocenters. The number of carboxylic acid groups (broad SMARTS) is 1. The molecule has 0 radical (unpaired) electrons. The molecule has 104 valence electrons. The number of anilines is 1. The Bertz CT molecular complexity index is 624. The predicted octanol–water partition coefficient (Wildman–Crippen LogP) is 2.96. The highest BCUT2D eigenvalue weighted by atomic mass is 16.4. The van der Waals surface area contributed by atoms with Crippen LogP contribution in [0.2, 0.25) is 0 Å². The Balaban J connectivity index is 2.12. The number of aryl methyl sites for hydroxylation is 2. The summed E-state index contributed by atoms with van der Waals surface area (Å²) < 4.78 is 0. The lowest BCUT2D eigenvalue weighted by Crippen LogP contribution is -2.10. The number of hydrogen-bond donors (Lipinski definition) is 2. The van der Waals surface area contributed by atoms with Crippen LogP contribution in [-0.4, -0.2) is 21.0 Å². The predicted molar refractivity (Wildman–Crippen MR) is 76.9 cm³/mol. The molecule has 2 rings (SSSR count). The topological polar surface area (TPSA) is 75.1 Å². The second-order valence-corrected chi connectivity index (χ2v) is 4.80. The average Bonchev–Trinajstić information content (AvgIpc) is 2.42. The third-order valence-corrected chi connectivity index (χ3v) is 3.27. The van der Waals surface area contributed by atoms with E-state index in [2.05, 4.69) is 47.3 Å². The number of aromatic carboxylic acids is 1. The molecule has 1 unspecified atom stereocenters. The standard InChI is InChI=1S/C15H17N3O2/c1-9-4-5-12(6-10(9)2)11(3)18-14-8-16-13(7-17-14)15(19)20/h4-8,11H,1-3H3,(H,17,18)(H,19,20). The SMILES string of the molecule is Cc1ccc(C(C)Nc2cnc(C(=O)O)cn2)cc1C. The van der Waals surface area contributed by atoms with Gasteiger partial charge in [0, 0.05) is 0 Å². The van der Waals surface area contributed by atoms with E-state index in [9.17, 15) is 4.79 Å². The first-order valence-corrected chi connectivity index (χ1v) is 6.36. The second kappa shape index (κ2) is 5.69. The average molecular weight is 271 g/mol. The van der Waals surface area contributed by atoms with Crippen molar-refractivity contribution in [3.63, 3.8) is 0 Å². The Labute approximate surface area is 117 Å². The van der Waals surface area contributed by atoms with Crippen LogP contribution in [0.5, 0.6) is 0 Å². The van der Waals surface area contributed by atoms with Gasteiger partial charge >= 0.3 is 5.97 Å². The Morgan fingerprint density at radius 1 is 1.20 bits per heavy atom. The third-order valence-electron chi connectivity index (χ3n) is 3.27. The van der Waals surface area contributed by atoms with E-state index in [1.54, 1.807) is 0 Å². The van der Waals surface area contributed by atoms with E-state index in [4.69, 9.17) is 5.11 Å². The maximum atomic E-state index is 10.7. The van der Waals surface area contributed by atoms with Gasteiger partial charge in [0.2, 0.25) is 0 Å². The molecular weight excluding hydrogens is 254 g/mol. The van der Waals surface area contributed by atoms with Gasteiger partial charge in [-0.1, -0.05) is 18.2 Å². The molecule has 5 heteroatoms. The van der Waals surface area contributed by atoms with Gasteiger partial charge in [0.1, 0.15) is 5.82 Å². The van der Waals surface area contributed by atoms with Gasteiger partial charge in [0.25, 0.3) is 0 Å². The first kappa shape index (κ1) is 14.0. The normalized spacial score (nSPS) is 11.9. The summed E-state index contributed by atoms with van der Waals surface area (Å²) in [6.07, 6.45) is 2.68. The molecule has 0 aliphatic carbocycles. The van der Waals surface area contributed by atoms with Gasteiger partial charge in [-0.15, -0.1) is 0 Å². The monoisotopic (exact) mass is 271 g/mol. The van der Waals surface area contributed by atoms with Crippen molar-refractivity contribution in [2.75, 3.05) is 5.32 Å². The maximum absolute atomic E-state index is 10.7. The minimum atomic E-state index is -1.08. The van der Waals surface area contributed by atoms with Gasteiger partial charge in [0.15, 0.2) is 5.69 Å². The quantitative estimate of drug-likeness (QED) is 0.894. The number of nitrogens with zero attached hydrogens (tertiary/aromatic N) is 2. The van der Waals surface area contributed by atoms with E-state index in [1.165, 1.54) is 23.5 Å². The van der Waals surface area contributed by atoms with Crippen molar-refractivity contribution in [2.45, 2.75) is 26.8 Å². The zero-order valence-corrected chi connectivity index (χ0v) is 11.7. The molecule has 0 amide bonds. The molecule has 1 aromatic carbocycles. The van der Waals surface area contributed by atoms with Crippen LogP contribution >= 0.6 is 0 Å². The van der Waals surface area contributed by atoms with Gasteiger partial charge in [-0.25, -0.2) is 14.8 Å². The molecule has 0 fully saturated rings. The number of hydrogen-bond acceptors (Lipinski definition) is 4. The van der Waals surface area contributed by atoms with Crippen LogP contribution in [-0.2, 0) is 0 Å². The van der Waals surface area contributed by atoms with Crippen molar-refractivity contribution in [1.82, 2.24) is 9.97 Å². The fourth-order valence-electron chi connectivity index (χ4n) is 1.85. The summed E-state index contributed by atoms with van der Waals surface area (Å²) in [7, 11) is 0. The molecule has 2 N–H and O–H groups in total. The molecule has 0 spiro atoms. The molecule has 0 bridgehead atoms. The Morgan fingerprint density at radius 3 is 2.50 bits per heavy atom. The molecule has 20 heavy (non-hydrogen) atoms. The summed E-state index contributed by atoms with van der Waals surface area (Å²) in [5.41, 5.74) is 3.58. The van der Waals surface area contributed by atoms with Crippen molar-refractivity contribution in [3.8, 4) is 0 Å². The lowest BCUT2D eigenvalue weighted by molar-refractivity contribution is 0.0690. The highest BCUT2D eigenvalue weighted by molar-refractivity contribution is 5.84. The molecule has 0 aliphatic rings. The largest absolute Gasteiger partial charge is 0.476 e. The minimum absolute atomic E-state index is 0.0608. The summed E-state index contributed by atoms with van der Waals surface area (Å²) >= 11 is 0. The fourth-order valence-corrected chi connectivity index (χ4v) is 1.85. The first-order chi connectivity index (χ1) is 9.47. The summed E-state index contributed by atoms with van der Waals surface area (Å²) in [6.45, 7) is 6.18. The molecule has 0 saturated carbocycles. The van der Waals surface area contributed by atoms with Crippen molar-refractivity contribution in [2.24, 2.45) is 0 Å². The van der Waals surface area contributed by atoms with Crippen LogP contribution < -0.4 is 5.32 Å². The summed E-state index contributed by atoms with van der Waals surface area (Å²) in [6, 6.07) is 6.35. The minimum Gasteiger partial charge on any atom is -0.476 e. The van der Waals surface area contributed by atoms with Crippen molar-refractivity contribution < 1.29 is 9.90 Å². The number of carbonyl (C=O) groups is 1. The zero-order chi connectivity index (χ0) is 14.7. The lowest BCUT2D eigenvalue weighted by Gasteiger charge is -2.16. The third kappa shape index (κ3) is 3.12. The van der Waals surface area contributed by atoms with Gasteiger partial charge in [0.05, 0.1) is 18.4 Å². The summed E-state index contributed by atoms with van der Waals surface area (Å²) in [4.78, 5) is 18.6. The number of rotatable bonds is 4. The molecule has 1 heterocycles. The van der Waals surface area contributed by atoms with Crippen molar-refractivity contribution >= 4 is 11.8 Å².